The van der Waals surface area contributed by atoms with Crippen LogP contribution in [0.5, 0.6) is 0 Å². The molecule has 0 aliphatic heterocycles. The molecule has 1 aromatic carbocycles. The largest absolute Gasteiger partial charge is 0.368 e. The summed E-state index contributed by atoms with van der Waals surface area (Å²) < 4.78 is 3.81. The Morgan fingerprint density at radius 2 is 2.08 bits per heavy atom. The van der Waals surface area contributed by atoms with Crippen LogP contribution in [0.2, 0.25) is 0 Å². The van der Waals surface area contributed by atoms with Crippen molar-refractivity contribution < 1.29 is 0 Å². The number of nitrogens with zero attached hydrogens (tertiary/aromatic N) is 7. The van der Waals surface area contributed by atoms with Gasteiger partial charge in [-0.05, 0) is 31.4 Å². The topological polar surface area (TPSA) is 100 Å². The Morgan fingerprint density at radius 3 is 2.92 bits per heavy atom. The second-order valence-electron chi connectivity index (χ2n) is 6.72. The van der Waals surface area contributed by atoms with Gasteiger partial charge in [0.25, 0.3) is 0 Å². The minimum Gasteiger partial charge on any atom is -0.368 e. The van der Waals surface area contributed by atoms with E-state index in [2.05, 4.69) is 25.4 Å². The number of anilines is 1. The predicted octanol–water partition coefficient (Wildman–Crippen LogP) is 2.36. The number of aryl methyl sites for hydroxylation is 1. The molecular weight excluding hydrogens is 328 g/mol. The summed E-state index contributed by atoms with van der Waals surface area (Å²) in [5, 5.41) is 14.1. The monoisotopic (exact) mass is 346 g/mol. The number of hydrogen-bond acceptors (Lipinski definition) is 6. The van der Waals surface area contributed by atoms with E-state index in [1.165, 1.54) is 12.8 Å². The van der Waals surface area contributed by atoms with Crippen molar-refractivity contribution in [2.45, 2.75) is 32.4 Å². The zero-order chi connectivity index (χ0) is 17.7. The molecule has 0 amide bonds. The van der Waals surface area contributed by atoms with Crippen LogP contribution in [0.3, 0.4) is 0 Å². The van der Waals surface area contributed by atoms with Gasteiger partial charge >= 0.3 is 0 Å². The maximum absolute atomic E-state index is 5.91. The van der Waals surface area contributed by atoms with E-state index in [9.17, 15) is 0 Å². The number of hydrogen-bond donors (Lipinski definition) is 1. The SMILES string of the molecule is Cc1cccc2c(-c3cn(Cc4ccn(C5CC5)n4)nn3)nc(N)nc12. The average Bonchev–Trinajstić information content (AvgIpc) is 3.20. The summed E-state index contributed by atoms with van der Waals surface area (Å²) in [5.41, 5.74) is 10.1. The summed E-state index contributed by atoms with van der Waals surface area (Å²) in [4.78, 5) is 8.76. The number of benzene rings is 1. The van der Waals surface area contributed by atoms with Gasteiger partial charge in [-0.2, -0.15) is 5.10 Å². The Bertz CT molecular complexity index is 1110. The number of rotatable bonds is 4. The van der Waals surface area contributed by atoms with E-state index < -0.39 is 0 Å². The van der Waals surface area contributed by atoms with Crippen molar-refractivity contribution in [1.29, 1.82) is 0 Å². The normalized spacial score (nSPS) is 14.2. The summed E-state index contributed by atoms with van der Waals surface area (Å²) in [6.45, 7) is 2.58. The van der Waals surface area contributed by atoms with Crippen molar-refractivity contribution in [2.24, 2.45) is 0 Å². The third-order valence-corrected chi connectivity index (χ3v) is 4.64. The maximum atomic E-state index is 5.91. The predicted molar refractivity (Wildman–Crippen MR) is 97.3 cm³/mol. The van der Waals surface area contributed by atoms with Gasteiger partial charge in [0.1, 0.15) is 11.4 Å². The van der Waals surface area contributed by atoms with Crippen LogP contribution >= 0.6 is 0 Å². The van der Waals surface area contributed by atoms with Crippen molar-refractivity contribution in [1.82, 2.24) is 34.7 Å². The van der Waals surface area contributed by atoms with Crippen molar-refractivity contribution in [3.05, 3.63) is 47.9 Å². The van der Waals surface area contributed by atoms with Crippen LogP contribution < -0.4 is 5.73 Å². The van der Waals surface area contributed by atoms with E-state index in [-0.39, 0.29) is 5.95 Å². The second-order valence-corrected chi connectivity index (χ2v) is 6.72. The summed E-state index contributed by atoms with van der Waals surface area (Å²) in [5.74, 6) is 0.236. The molecule has 26 heavy (non-hydrogen) atoms. The number of para-hydroxylation sites is 1. The van der Waals surface area contributed by atoms with Crippen molar-refractivity contribution in [3.8, 4) is 11.4 Å². The Hall–Kier alpha value is -3.29. The van der Waals surface area contributed by atoms with Crippen LogP contribution in [0.15, 0.2) is 36.7 Å². The first-order valence-electron chi connectivity index (χ1n) is 8.65. The van der Waals surface area contributed by atoms with Gasteiger partial charge in [-0.15, -0.1) is 5.10 Å². The third-order valence-electron chi connectivity index (χ3n) is 4.64. The summed E-state index contributed by atoms with van der Waals surface area (Å²) in [7, 11) is 0. The van der Waals surface area contributed by atoms with Gasteiger partial charge in [0, 0.05) is 11.6 Å². The third kappa shape index (κ3) is 2.59. The standard InChI is InChI=1S/C18H18N8/c1-11-3-2-4-14-16(11)20-18(19)21-17(14)15-10-25(24-22-15)9-12-7-8-26(23-12)13-5-6-13/h2-4,7-8,10,13H,5-6,9H2,1H3,(H2,19,20,21). The lowest BCUT2D eigenvalue weighted by atomic mass is 10.1. The molecule has 5 rings (SSSR count). The van der Waals surface area contributed by atoms with Gasteiger partial charge in [-0.3, -0.25) is 4.68 Å². The number of nitrogens with two attached hydrogens (primary N) is 1. The zero-order valence-corrected chi connectivity index (χ0v) is 14.4. The highest BCUT2D eigenvalue weighted by Crippen LogP contribution is 2.34. The van der Waals surface area contributed by atoms with E-state index >= 15 is 0 Å². The molecule has 0 bridgehead atoms. The molecule has 1 aliphatic rings. The highest BCUT2D eigenvalue weighted by Gasteiger charge is 2.24. The zero-order valence-electron chi connectivity index (χ0n) is 14.4. The first-order chi connectivity index (χ1) is 12.7. The van der Waals surface area contributed by atoms with Gasteiger partial charge in [0.2, 0.25) is 5.95 Å². The molecule has 8 heteroatoms. The van der Waals surface area contributed by atoms with Crippen LogP contribution in [-0.4, -0.2) is 34.7 Å². The molecule has 4 aromatic rings. The molecule has 1 fully saturated rings. The van der Waals surface area contributed by atoms with Gasteiger partial charge in [-0.25, -0.2) is 14.6 Å². The van der Waals surface area contributed by atoms with Crippen LogP contribution in [0, 0.1) is 6.92 Å². The van der Waals surface area contributed by atoms with E-state index in [4.69, 9.17) is 5.73 Å². The molecule has 2 N–H and O–H groups in total. The lowest BCUT2D eigenvalue weighted by molar-refractivity contribution is 0.595. The van der Waals surface area contributed by atoms with E-state index in [1.54, 1.807) is 4.68 Å². The summed E-state index contributed by atoms with van der Waals surface area (Å²) >= 11 is 0. The quantitative estimate of drug-likeness (QED) is 0.609. The summed E-state index contributed by atoms with van der Waals surface area (Å²) in [6, 6.07) is 8.57. The van der Waals surface area contributed by atoms with Gasteiger partial charge in [0.05, 0.1) is 30.0 Å². The van der Waals surface area contributed by atoms with Gasteiger partial charge in [0.15, 0.2) is 0 Å². The minimum absolute atomic E-state index is 0.236. The fourth-order valence-corrected chi connectivity index (χ4v) is 3.16. The Labute approximate surface area is 149 Å². The molecule has 0 saturated heterocycles. The molecular formula is C18H18N8. The molecule has 8 nitrogen and oxygen atoms in total. The van der Waals surface area contributed by atoms with Crippen LogP contribution in [0.25, 0.3) is 22.3 Å². The number of nitrogen functional groups attached to an aromatic ring is 1. The Morgan fingerprint density at radius 1 is 1.19 bits per heavy atom. The van der Waals surface area contributed by atoms with E-state index in [0.717, 1.165) is 22.2 Å². The fourth-order valence-electron chi connectivity index (χ4n) is 3.16. The lowest BCUT2D eigenvalue weighted by Crippen LogP contribution is -2.03. The molecule has 0 spiro atoms. The molecule has 1 aliphatic carbocycles. The minimum atomic E-state index is 0.236. The molecule has 130 valence electrons. The lowest BCUT2D eigenvalue weighted by Gasteiger charge is -2.06. The molecule has 3 aromatic heterocycles. The maximum Gasteiger partial charge on any atom is 0.221 e. The van der Waals surface area contributed by atoms with Crippen molar-refractivity contribution >= 4 is 16.9 Å². The van der Waals surface area contributed by atoms with Gasteiger partial charge < -0.3 is 5.73 Å². The highest BCUT2D eigenvalue weighted by molar-refractivity contribution is 5.93. The van der Waals surface area contributed by atoms with E-state index in [0.29, 0.717) is 24.0 Å². The first kappa shape index (κ1) is 15.0. The number of fused-ring (bicyclic) bond motifs is 1. The van der Waals surface area contributed by atoms with Crippen LogP contribution in [0.1, 0.15) is 30.1 Å². The van der Waals surface area contributed by atoms with Crippen LogP contribution in [-0.2, 0) is 6.54 Å². The van der Waals surface area contributed by atoms with Crippen LogP contribution in [0.4, 0.5) is 5.95 Å². The Kier molecular flexibility index (Phi) is 3.24. The first-order valence-corrected chi connectivity index (χ1v) is 8.65. The summed E-state index contributed by atoms with van der Waals surface area (Å²) in [6.07, 6.45) is 6.35. The molecule has 1 saturated carbocycles. The molecule has 3 heterocycles. The molecule has 0 unspecified atom stereocenters. The van der Waals surface area contributed by atoms with Crippen molar-refractivity contribution in [3.63, 3.8) is 0 Å². The van der Waals surface area contributed by atoms with Gasteiger partial charge in [-0.1, -0.05) is 23.4 Å². The molecule has 0 radical (unpaired) electrons. The average molecular weight is 346 g/mol. The fraction of sp³-hybridized carbons (Fsp3) is 0.278. The highest BCUT2D eigenvalue weighted by atomic mass is 15.4. The van der Waals surface area contributed by atoms with E-state index in [1.807, 2.05) is 48.3 Å². The second kappa shape index (κ2) is 5.62. The smallest absolute Gasteiger partial charge is 0.221 e. The molecule has 0 atom stereocenters. The Balaban J connectivity index is 1.49. The van der Waals surface area contributed by atoms with Crippen molar-refractivity contribution in [2.75, 3.05) is 5.73 Å². The number of aromatic nitrogens is 7.